The fourth-order valence-corrected chi connectivity index (χ4v) is 4.25. The van der Waals surface area contributed by atoms with Crippen molar-refractivity contribution < 1.29 is 9.59 Å². The summed E-state index contributed by atoms with van der Waals surface area (Å²) in [6, 6.07) is 9.73. The third kappa shape index (κ3) is 4.33. The lowest BCUT2D eigenvalue weighted by atomic mass is 9.87. The van der Waals surface area contributed by atoms with Crippen LogP contribution in [0, 0.1) is 0 Å². The van der Waals surface area contributed by atoms with Gasteiger partial charge in [0.2, 0.25) is 5.91 Å². The second-order valence-electron chi connectivity index (χ2n) is 7.82. The molecule has 2 aromatic rings. The van der Waals surface area contributed by atoms with Gasteiger partial charge in [0.1, 0.15) is 0 Å². The van der Waals surface area contributed by atoms with Gasteiger partial charge in [0.05, 0.1) is 12.6 Å². The van der Waals surface area contributed by atoms with Crippen LogP contribution in [-0.4, -0.2) is 18.4 Å². The molecule has 1 atom stereocenters. The van der Waals surface area contributed by atoms with Crippen LogP contribution in [0.3, 0.4) is 0 Å². The highest BCUT2D eigenvalue weighted by Gasteiger charge is 2.22. The van der Waals surface area contributed by atoms with Gasteiger partial charge in [0, 0.05) is 10.4 Å². The van der Waals surface area contributed by atoms with Gasteiger partial charge in [0.15, 0.2) is 0 Å². The molecule has 0 fully saturated rings. The highest BCUT2D eigenvalue weighted by atomic mass is 32.1. The van der Waals surface area contributed by atoms with Gasteiger partial charge in [0.25, 0.3) is 5.91 Å². The highest BCUT2D eigenvalue weighted by molar-refractivity contribution is 7.10. The van der Waals surface area contributed by atoms with E-state index < -0.39 is 0 Å². The number of hydrogen-bond donors (Lipinski definition) is 2. The van der Waals surface area contributed by atoms with E-state index in [4.69, 9.17) is 0 Å². The Morgan fingerprint density at radius 3 is 2.58 bits per heavy atom. The predicted octanol–water partition coefficient (Wildman–Crippen LogP) is 3.97. The van der Waals surface area contributed by atoms with Crippen LogP contribution in [0.4, 0.5) is 0 Å². The minimum absolute atomic E-state index is 0.00414. The number of carbonyl (C=O) groups excluding carboxylic acids is 2. The number of hydrogen-bond acceptors (Lipinski definition) is 3. The first kappa shape index (κ1) is 18.6. The maximum atomic E-state index is 12.3. The van der Waals surface area contributed by atoms with Gasteiger partial charge >= 0.3 is 0 Å². The lowest BCUT2D eigenvalue weighted by Gasteiger charge is -2.23. The third-order valence-corrected chi connectivity index (χ3v) is 5.81. The summed E-state index contributed by atoms with van der Waals surface area (Å²) in [5.74, 6) is -0.366. The molecule has 1 unspecified atom stereocenters. The number of fused-ring (bicyclic) bond motifs is 1. The van der Waals surface area contributed by atoms with Crippen molar-refractivity contribution in [1.82, 2.24) is 10.6 Å². The number of amides is 2. The fraction of sp³-hybridized carbons (Fsp3) is 0.429. The Labute approximate surface area is 159 Å². The summed E-state index contributed by atoms with van der Waals surface area (Å²) >= 11 is 1.75. The van der Waals surface area contributed by atoms with E-state index in [1.807, 2.05) is 24.3 Å². The van der Waals surface area contributed by atoms with Crippen molar-refractivity contribution in [1.29, 1.82) is 0 Å². The fourth-order valence-electron chi connectivity index (χ4n) is 3.27. The molecule has 1 aromatic heterocycles. The minimum atomic E-state index is -0.222. The lowest BCUT2D eigenvalue weighted by Crippen LogP contribution is -2.39. The smallest absolute Gasteiger partial charge is 0.251 e. The zero-order valence-corrected chi connectivity index (χ0v) is 16.4. The maximum absolute atomic E-state index is 12.3. The summed E-state index contributed by atoms with van der Waals surface area (Å²) in [4.78, 5) is 25.9. The van der Waals surface area contributed by atoms with Crippen molar-refractivity contribution in [3.8, 4) is 0 Å². The number of aryl methyl sites for hydroxylation is 1. The molecule has 3 rings (SSSR count). The molecule has 5 heteroatoms. The van der Waals surface area contributed by atoms with Crippen molar-refractivity contribution in [3.05, 3.63) is 57.3 Å². The van der Waals surface area contributed by atoms with E-state index in [2.05, 4.69) is 42.9 Å². The SMILES string of the molecule is CC(C)(C)c1ccc(C(=O)NCC(=O)NC2CCCc3sccc32)cc1. The van der Waals surface area contributed by atoms with Crippen molar-refractivity contribution in [2.75, 3.05) is 6.54 Å². The first-order chi connectivity index (χ1) is 12.3. The van der Waals surface area contributed by atoms with Crippen molar-refractivity contribution >= 4 is 23.2 Å². The summed E-state index contributed by atoms with van der Waals surface area (Å²) in [6.07, 6.45) is 3.14. The van der Waals surface area contributed by atoms with E-state index >= 15 is 0 Å². The van der Waals surface area contributed by atoms with Crippen LogP contribution in [0.25, 0.3) is 0 Å². The molecular weight excluding hydrogens is 344 g/mol. The van der Waals surface area contributed by atoms with Gasteiger partial charge in [-0.3, -0.25) is 9.59 Å². The van der Waals surface area contributed by atoms with E-state index in [0.29, 0.717) is 5.56 Å². The molecule has 1 aliphatic rings. The van der Waals surface area contributed by atoms with E-state index in [1.165, 1.54) is 16.0 Å². The van der Waals surface area contributed by atoms with Gasteiger partial charge in [-0.1, -0.05) is 32.9 Å². The van der Waals surface area contributed by atoms with Crippen LogP contribution in [0.1, 0.15) is 66.0 Å². The van der Waals surface area contributed by atoms with Crippen LogP contribution < -0.4 is 10.6 Å². The standard InChI is InChI=1S/C21H26N2O2S/c1-21(2,3)15-9-7-14(8-10-15)20(25)22-13-19(24)23-17-5-4-6-18-16(17)11-12-26-18/h7-12,17H,4-6,13H2,1-3H3,(H,22,25)(H,23,24). The van der Waals surface area contributed by atoms with Crippen LogP contribution in [-0.2, 0) is 16.6 Å². The summed E-state index contributed by atoms with van der Waals surface area (Å²) in [5.41, 5.74) is 3.04. The topological polar surface area (TPSA) is 58.2 Å². The summed E-state index contributed by atoms with van der Waals surface area (Å²) in [7, 11) is 0. The van der Waals surface area contributed by atoms with E-state index in [9.17, 15) is 9.59 Å². The highest BCUT2D eigenvalue weighted by Crippen LogP contribution is 2.33. The van der Waals surface area contributed by atoms with Gasteiger partial charge < -0.3 is 10.6 Å². The van der Waals surface area contributed by atoms with E-state index in [-0.39, 0.29) is 29.8 Å². The average Bonchev–Trinajstić information content (AvgIpc) is 3.09. The van der Waals surface area contributed by atoms with Crippen LogP contribution in [0.15, 0.2) is 35.7 Å². The molecule has 26 heavy (non-hydrogen) atoms. The average molecular weight is 371 g/mol. The Morgan fingerprint density at radius 2 is 1.88 bits per heavy atom. The molecule has 138 valence electrons. The number of nitrogens with one attached hydrogen (secondary N) is 2. The number of carbonyl (C=O) groups is 2. The molecule has 2 N–H and O–H groups in total. The molecule has 4 nitrogen and oxygen atoms in total. The number of thiophene rings is 1. The number of benzene rings is 1. The second-order valence-corrected chi connectivity index (χ2v) is 8.82. The summed E-state index contributed by atoms with van der Waals surface area (Å²) in [5, 5.41) is 7.85. The minimum Gasteiger partial charge on any atom is -0.348 e. The quantitative estimate of drug-likeness (QED) is 0.855. The third-order valence-electron chi connectivity index (χ3n) is 4.81. The van der Waals surface area contributed by atoms with Gasteiger partial charge in [-0.25, -0.2) is 0 Å². The summed E-state index contributed by atoms with van der Waals surface area (Å²) < 4.78 is 0. The van der Waals surface area contributed by atoms with Crippen LogP contribution >= 0.6 is 11.3 Å². The van der Waals surface area contributed by atoms with E-state index in [0.717, 1.165) is 19.3 Å². The molecule has 0 saturated heterocycles. The normalized spacial score (nSPS) is 16.7. The molecule has 0 saturated carbocycles. The van der Waals surface area contributed by atoms with Crippen molar-refractivity contribution in [2.24, 2.45) is 0 Å². The molecule has 2 amide bonds. The predicted molar refractivity (Wildman–Crippen MR) is 106 cm³/mol. The molecule has 0 bridgehead atoms. The number of rotatable bonds is 4. The second kappa shape index (κ2) is 7.62. The maximum Gasteiger partial charge on any atom is 0.251 e. The Balaban J connectivity index is 1.53. The Morgan fingerprint density at radius 1 is 1.15 bits per heavy atom. The Kier molecular flexibility index (Phi) is 5.47. The molecule has 1 aliphatic carbocycles. The monoisotopic (exact) mass is 370 g/mol. The van der Waals surface area contributed by atoms with Crippen LogP contribution in [0.2, 0.25) is 0 Å². The van der Waals surface area contributed by atoms with Gasteiger partial charge in [-0.05, 0) is 59.4 Å². The lowest BCUT2D eigenvalue weighted by molar-refractivity contribution is -0.121. The molecule has 0 aliphatic heterocycles. The molecule has 1 heterocycles. The van der Waals surface area contributed by atoms with Crippen molar-refractivity contribution in [3.63, 3.8) is 0 Å². The van der Waals surface area contributed by atoms with E-state index in [1.54, 1.807) is 11.3 Å². The molecule has 0 spiro atoms. The first-order valence-corrected chi connectivity index (χ1v) is 9.97. The zero-order valence-electron chi connectivity index (χ0n) is 15.6. The van der Waals surface area contributed by atoms with Gasteiger partial charge in [-0.15, -0.1) is 11.3 Å². The Bertz CT molecular complexity index is 787. The van der Waals surface area contributed by atoms with Crippen molar-refractivity contribution in [2.45, 2.75) is 51.5 Å². The Hall–Kier alpha value is -2.14. The van der Waals surface area contributed by atoms with Crippen LogP contribution in [0.5, 0.6) is 0 Å². The molecule has 0 radical (unpaired) electrons. The first-order valence-electron chi connectivity index (χ1n) is 9.09. The zero-order chi connectivity index (χ0) is 18.7. The molecule has 1 aromatic carbocycles. The summed E-state index contributed by atoms with van der Waals surface area (Å²) in [6.45, 7) is 6.40. The molecular formula is C21H26N2O2S. The largest absolute Gasteiger partial charge is 0.348 e. The van der Waals surface area contributed by atoms with Gasteiger partial charge in [-0.2, -0.15) is 0 Å².